The van der Waals surface area contributed by atoms with Gasteiger partial charge in [0, 0.05) is 24.5 Å². The number of hydrogen-bond acceptors (Lipinski definition) is 6. The van der Waals surface area contributed by atoms with Crippen LogP contribution in [0.15, 0.2) is 84.0 Å². The quantitative estimate of drug-likeness (QED) is 0.426. The highest BCUT2D eigenvalue weighted by molar-refractivity contribution is 6.01. The molecule has 1 N–H and O–H groups in total. The summed E-state index contributed by atoms with van der Waals surface area (Å²) in [7, 11) is 2.15. The van der Waals surface area contributed by atoms with Gasteiger partial charge in [-0.3, -0.25) is 9.88 Å². The Kier molecular flexibility index (Phi) is 5.01. The van der Waals surface area contributed by atoms with E-state index in [1.807, 2.05) is 30.5 Å². The largest absolute Gasteiger partial charge is 0.341 e. The molecule has 0 spiro atoms. The maximum absolute atomic E-state index is 5.22. The average molecular weight is 476 g/mol. The highest BCUT2D eigenvalue weighted by atomic mass is 15.5. The van der Waals surface area contributed by atoms with Crippen molar-refractivity contribution < 1.29 is 0 Å². The van der Waals surface area contributed by atoms with Crippen LogP contribution in [0.2, 0.25) is 0 Å². The van der Waals surface area contributed by atoms with Crippen molar-refractivity contribution in [1.29, 1.82) is 0 Å². The fourth-order valence-electron chi connectivity index (χ4n) is 5.80. The molecule has 180 valence electrons. The molecule has 1 aliphatic carbocycles. The third-order valence-corrected chi connectivity index (χ3v) is 7.55. The second kappa shape index (κ2) is 8.52. The van der Waals surface area contributed by atoms with Gasteiger partial charge in [0.05, 0.1) is 36.4 Å². The summed E-state index contributed by atoms with van der Waals surface area (Å²) in [5, 5.41) is 8.92. The van der Waals surface area contributed by atoms with E-state index in [9.17, 15) is 0 Å². The summed E-state index contributed by atoms with van der Waals surface area (Å²) in [6, 6.07) is 25.9. The number of nitrogens with zero attached hydrogens (tertiary/aromatic N) is 6. The van der Waals surface area contributed by atoms with Crippen LogP contribution in [0.3, 0.4) is 0 Å². The minimum atomic E-state index is 0.392. The minimum absolute atomic E-state index is 0.392. The zero-order valence-corrected chi connectivity index (χ0v) is 20.4. The van der Waals surface area contributed by atoms with Crippen molar-refractivity contribution in [1.82, 2.24) is 19.7 Å². The van der Waals surface area contributed by atoms with Crippen molar-refractivity contribution >= 4 is 23.3 Å². The number of aromatic nitrogens is 3. The third-order valence-electron chi connectivity index (χ3n) is 7.55. The first kappa shape index (κ1) is 21.2. The molecule has 2 aromatic heterocycles. The van der Waals surface area contributed by atoms with Crippen LogP contribution in [0.5, 0.6) is 0 Å². The topological polar surface area (TPSA) is 61.6 Å². The van der Waals surface area contributed by atoms with Crippen molar-refractivity contribution in [2.75, 3.05) is 17.3 Å². The Labute approximate surface area is 211 Å². The van der Waals surface area contributed by atoms with Gasteiger partial charge in [0.25, 0.3) is 0 Å². The first-order valence-corrected chi connectivity index (χ1v) is 12.7. The summed E-state index contributed by atoms with van der Waals surface area (Å²) >= 11 is 0. The molecule has 0 bridgehead atoms. The Morgan fingerprint density at radius 2 is 1.78 bits per heavy atom. The van der Waals surface area contributed by atoms with Crippen LogP contribution < -0.4 is 10.2 Å². The Bertz CT molecular complexity index is 1410. The maximum atomic E-state index is 5.22. The first-order chi connectivity index (χ1) is 17.7. The van der Waals surface area contributed by atoms with Gasteiger partial charge in [-0.25, -0.2) is 9.67 Å². The van der Waals surface area contributed by atoms with Crippen LogP contribution in [0.4, 0.5) is 17.3 Å². The molecule has 1 fully saturated rings. The molecule has 7 nitrogen and oxygen atoms in total. The number of rotatable bonds is 5. The van der Waals surface area contributed by atoms with Crippen molar-refractivity contribution in [2.45, 2.75) is 44.4 Å². The number of nitrogens with one attached hydrogen (secondary N) is 1. The number of fused-ring (bicyclic) bond motifs is 5. The molecule has 36 heavy (non-hydrogen) atoms. The van der Waals surface area contributed by atoms with E-state index in [2.05, 4.69) is 80.4 Å². The Balaban J connectivity index is 1.27. The molecule has 0 radical (unpaired) electrons. The summed E-state index contributed by atoms with van der Waals surface area (Å²) in [6.07, 6.45) is 5.42. The van der Waals surface area contributed by atoms with Gasteiger partial charge in [0.15, 0.2) is 5.82 Å². The molecular formula is C29H29N7. The van der Waals surface area contributed by atoms with Gasteiger partial charge in [0.2, 0.25) is 5.96 Å². The van der Waals surface area contributed by atoms with Gasteiger partial charge in [-0.1, -0.05) is 48.5 Å². The molecule has 2 aliphatic heterocycles. The van der Waals surface area contributed by atoms with E-state index in [0.717, 1.165) is 41.1 Å². The van der Waals surface area contributed by atoms with E-state index in [-0.39, 0.29) is 0 Å². The Morgan fingerprint density at radius 1 is 0.944 bits per heavy atom. The number of aliphatic imine (C=N–C) groups is 1. The third kappa shape index (κ3) is 3.54. The van der Waals surface area contributed by atoms with Crippen LogP contribution in [-0.2, 0) is 13.1 Å². The molecule has 2 atom stereocenters. The molecular weight excluding hydrogens is 446 g/mol. The van der Waals surface area contributed by atoms with E-state index in [1.165, 1.54) is 30.4 Å². The molecule has 4 heterocycles. The second-order valence-electron chi connectivity index (χ2n) is 9.93. The molecule has 2 unspecified atom stereocenters. The Hall–Kier alpha value is -4.13. The number of benzene rings is 2. The van der Waals surface area contributed by atoms with E-state index < -0.39 is 0 Å². The molecule has 2 aromatic carbocycles. The molecule has 3 aliphatic rings. The molecule has 1 saturated carbocycles. The van der Waals surface area contributed by atoms with Gasteiger partial charge in [0.1, 0.15) is 5.82 Å². The molecule has 7 rings (SSSR count). The second-order valence-corrected chi connectivity index (χ2v) is 9.93. The summed E-state index contributed by atoms with van der Waals surface area (Å²) in [4.78, 5) is 14.3. The fraction of sp³-hybridized carbons (Fsp3) is 0.276. The van der Waals surface area contributed by atoms with Crippen LogP contribution in [-0.4, -0.2) is 44.8 Å². The molecule has 4 aromatic rings. The lowest BCUT2D eigenvalue weighted by atomic mass is 10.1. The normalized spacial score (nSPS) is 20.1. The van der Waals surface area contributed by atoms with Gasteiger partial charge < -0.3 is 10.2 Å². The number of pyridine rings is 1. The summed E-state index contributed by atoms with van der Waals surface area (Å²) in [5.41, 5.74) is 5.61. The van der Waals surface area contributed by atoms with E-state index in [1.54, 1.807) is 0 Å². The zero-order valence-electron chi connectivity index (χ0n) is 20.4. The lowest BCUT2D eigenvalue weighted by Gasteiger charge is -2.35. The van der Waals surface area contributed by atoms with Gasteiger partial charge >= 0.3 is 0 Å². The molecule has 7 heteroatoms. The monoisotopic (exact) mass is 475 g/mol. The zero-order chi connectivity index (χ0) is 24.1. The van der Waals surface area contributed by atoms with Crippen molar-refractivity contribution in [3.05, 3.63) is 90.1 Å². The Morgan fingerprint density at radius 3 is 2.58 bits per heavy atom. The van der Waals surface area contributed by atoms with Crippen LogP contribution in [0.1, 0.15) is 30.4 Å². The number of guanidine groups is 1. The average Bonchev–Trinajstić information content (AvgIpc) is 3.60. The summed E-state index contributed by atoms with van der Waals surface area (Å²) in [5.74, 6) is 3.19. The minimum Gasteiger partial charge on any atom is -0.341 e. The maximum Gasteiger partial charge on any atom is 0.203 e. The smallest absolute Gasteiger partial charge is 0.203 e. The van der Waals surface area contributed by atoms with Crippen LogP contribution >= 0.6 is 0 Å². The lowest BCUT2D eigenvalue weighted by molar-refractivity contribution is 0.475. The summed E-state index contributed by atoms with van der Waals surface area (Å²) < 4.78 is 2.13. The van der Waals surface area contributed by atoms with Crippen molar-refractivity contribution in [3.8, 4) is 11.3 Å². The molecule has 0 amide bonds. The number of para-hydroxylation sites is 1. The van der Waals surface area contributed by atoms with E-state index in [4.69, 9.17) is 10.1 Å². The highest BCUT2D eigenvalue weighted by Crippen LogP contribution is 2.43. The predicted octanol–water partition coefficient (Wildman–Crippen LogP) is 5.28. The standard InChI is InChI=1S/C29H29N7/c1-34-19-23-27(31-22-8-3-2-4-9-22)35(33-28(23)36-26-12-7-11-25(26)32-29(34)36)18-20-13-15-21(16-14-20)24-10-5-6-17-30-24/h2-6,8-10,13-17,25-26,31H,7,11-12,18-19H2,1H3. The predicted molar refractivity (Wildman–Crippen MR) is 144 cm³/mol. The first-order valence-electron chi connectivity index (χ1n) is 12.7. The van der Waals surface area contributed by atoms with Gasteiger partial charge in [-0.05, 0) is 49.1 Å². The number of anilines is 3. The van der Waals surface area contributed by atoms with Gasteiger partial charge in [-0.2, -0.15) is 5.10 Å². The van der Waals surface area contributed by atoms with Crippen molar-refractivity contribution in [3.63, 3.8) is 0 Å². The highest BCUT2D eigenvalue weighted by Gasteiger charge is 2.46. The SMILES string of the molecule is CN1Cc2c(nn(Cc3ccc(-c4ccccn4)cc3)c2Nc2ccccc2)N2C1=NC1CCCC12. The number of hydrogen-bond donors (Lipinski definition) is 1. The molecule has 0 saturated heterocycles. The van der Waals surface area contributed by atoms with Crippen molar-refractivity contribution in [2.24, 2.45) is 4.99 Å². The van der Waals surface area contributed by atoms with Crippen LogP contribution in [0.25, 0.3) is 11.3 Å². The lowest BCUT2D eigenvalue weighted by Crippen LogP contribution is -2.48. The van der Waals surface area contributed by atoms with Crippen LogP contribution in [0, 0.1) is 0 Å². The van der Waals surface area contributed by atoms with E-state index >= 15 is 0 Å². The summed E-state index contributed by atoms with van der Waals surface area (Å²) in [6.45, 7) is 1.47. The van der Waals surface area contributed by atoms with Gasteiger partial charge in [-0.15, -0.1) is 0 Å². The van der Waals surface area contributed by atoms with E-state index in [0.29, 0.717) is 18.6 Å². The fourth-order valence-corrected chi connectivity index (χ4v) is 5.80.